The van der Waals surface area contributed by atoms with E-state index in [2.05, 4.69) is 41.4 Å². The average molecular weight is 453 g/mol. The second-order valence-electron chi connectivity index (χ2n) is 8.52. The van der Waals surface area contributed by atoms with Crippen LogP contribution in [-0.2, 0) is 6.54 Å². The van der Waals surface area contributed by atoms with Gasteiger partial charge in [0.2, 0.25) is 6.79 Å². The molecule has 1 aromatic heterocycles. The first-order valence-corrected chi connectivity index (χ1v) is 11.1. The number of amides is 1. The number of hydrogen-bond acceptors (Lipinski definition) is 5. The van der Waals surface area contributed by atoms with Gasteiger partial charge in [-0.2, -0.15) is 5.10 Å². The molecule has 0 aliphatic carbocycles. The number of nitrogens with one attached hydrogen (secondary N) is 1. The van der Waals surface area contributed by atoms with E-state index < -0.39 is 0 Å². The van der Waals surface area contributed by atoms with Gasteiger partial charge in [-0.05, 0) is 54.4 Å². The van der Waals surface area contributed by atoms with Crippen LogP contribution < -0.4 is 14.2 Å². The molecule has 1 atom stereocenters. The average Bonchev–Trinajstić information content (AvgIpc) is 3.57. The molecule has 0 saturated heterocycles. The van der Waals surface area contributed by atoms with Gasteiger partial charge in [0.25, 0.3) is 5.91 Å². The van der Waals surface area contributed by atoms with Crippen LogP contribution in [0.15, 0.2) is 66.7 Å². The zero-order valence-corrected chi connectivity index (χ0v) is 18.9. The molecular formula is C27H23N3O4. The molecule has 6 rings (SSSR count). The monoisotopic (exact) mass is 453 g/mol. The van der Waals surface area contributed by atoms with Gasteiger partial charge in [-0.1, -0.05) is 35.9 Å². The van der Waals surface area contributed by atoms with Crippen molar-refractivity contribution in [3.63, 3.8) is 0 Å². The molecule has 7 heteroatoms. The van der Waals surface area contributed by atoms with Crippen LogP contribution in [0.4, 0.5) is 0 Å². The predicted molar refractivity (Wildman–Crippen MR) is 126 cm³/mol. The molecule has 34 heavy (non-hydrogen) atoms. The Balaban J connectivity index is 1.44. The van der Waals surface area contributed by atoms with Crippen LogP contribution in [0.5, 0.6) is 17.2 Å². The van der Waals surface area contributed by atoms with Crippen LogP contribution in [0.2, 0.25) is 0 Å². The van der Waals surface area contributed by atoms with Gasteiger partial charge >= 0.3 is 0 Å². The fraction of sp³-hybridized carbons (Fsp3) is 0.185. The SMILES string of the molecule is COc1ccc(-c2n[nH]c3c2C(c2ccc(C)cc2)N(Cc2ccc4c(c2)OCO4)C3=O)cc1. The molecule has 0 spiro atoms. The van der Waals surface area contributed by atoms with Crippen molar-refractivity contribution in [1.29, 1.82) is 0 Å². The number of aromatic amines is 1. The Morgan fingerprint density at radius 3 is 2.56 bits per heavy atom. The van der Waals surface area contributed by atoms with Crippen molar-refractivity contribution in [3.05, 3.63) is 94.7 Å². The lowest BCUT2D eigenvalue weighted by Gasteiger charge is -2.26. The zero-order chi connectivity index (χ0) is 23.2. The Morgan fingerprint density at radius 2 is 1.79 bits per heavy atom. The molecule has 170 valence electrons. The smallest absolute Gasteiger partial charge is 0.273 e. The van der Waals surface area contributed by atoms with Crippen LogP contribution in [0.25, 0.3) is 11.3 Å². The highest BCUT2D eigenvalue weighted by atomic mass is 16.7. The Bertz CT molecular complexity index is 1380. The molecule has 2 aliphatic heterocycles. The summed E-state index contributed by atoms with van der Waals surface area (Å²) in [7, 11) is 1.64. The van der Waals surface area contributed by atoms with Gasteiger partial charge in [-0.3, -0.25) is 9.89 Å². The second-order valence-corrected chi connectivity index (χ2v) is 8.52. The summed E-state index contributed by atoms with van der Waals surface area (Å²) in [5.41, 5.74) is 6.28. The van der Waals surface area contributed by atoms with Crippen LogP contribution in [0.3, 0.4) is 0 Å². The van der Waals surface area contributed by atoms with E-state index in [4.69, 9.17) is 14.2 Å². The standard InChI is InChI=1S/C27H23N3O4/c1-16-3-6-19(7-4-16)26-23-24(18-8-10-20(32-2)11-9-18)28-29-25(23)27(31)30(26)14-17-5-12-21-22(13-17)34-15-33-21/h3-13,26H,14-15H2,1-2H3,(H,28,29). The predicted octanol–water partition coefficient (Wildman–Crippen LogP) is 4.87. The normalized spacial score (nSPS) is 16.1. The lowest BCUT2D eigenvalue weighted by molar-refractivity contribution is 0.0730. The van der Waals surface area contributed by atoms with E-state index in [0.717, 1.165) is 45.0 Å². The Hall–Kier alpha value is -4.26. The van der Waals surface area contributed by atoms with Crippen LogP contribution in [0.1, 0.15) is 38.8 Å². The number of aryl methyl sites for hydroxylation is 1. The number of nitrogens with zero attached hydrogens (tertiary/aromatic N) is 2. The Kier molecular flexibility index (Phi) is 4.76. The minimum absolute atomic E-state index is 0.0782. The van der Waals surface area contributed by atoms with Gasteiger partial charge in [0.15, 0.2) is 11.5 Å². The lowest BCUT2D eigenvalue weighted by atomic mass is 9.95. The topological polar surface area (TPSA) is 76.7 Å². The summed E-state index contributed by atoms with van der Waals surface area (Å²) in [5, 5.41) is 7.56. The summed E-state index contributed by atoms with van der Waals surface area (Å²) >= 11 is 0. The number of hydrogen-bond donors (Lipinski definition) is 1. The van der Waals surface area contributed by atoms with Crippen LogP contribution in [-0.4, -0.2) is 34.9 Å². The molecule has 3 aromatic carbocycles. The molecule has 0 bridgehead atoms. The number of H-pyrrole nitrogens is 1. The number of carbonyl (C=O) groups is 1. The van der Waals surface area contributed by atoms with Gasteiger partial charge in [0.1, 0.15) is 11.4 Å². The number of ether oxygens (including phenoxy) is 3. The minimum atomic E-state index is -0.274. The Labute approximate surface area is 196 Å². The van der Waals surface area contributed by atoms with E-state index >= 15 is 0 Å². The van der Waals surface area contributed by atoms with E-state index in [0.29, 0.717) is 18.0 Å². The second kappa shape index (κ2) is 7.95. The summed E-state index contributed by atoms with van der Waals surface area (Å²) in [6, 6.07) is 21.6. The number of carbonyl (C=O) groups excluding carboxylic acids is 1. The van der Waals surface area contributed by atoms with Crippen molar-refractivity contribution >= 4 is 5.91 Å². The summed E-state index contributed by atoms with van der Waals surface area (Å²) in [5.74, 6) is 2.12. The van der Waals surface area contributed by atoms with E-state index in [1.54, 1.807) is 7.11 Å². The van der Waals surface area contributed by atoms with E-state index in [9.17, 15) is 4.79 Å². The van der Waals surface area contributed by atoms with Gasteiger partial charge in [-0.25, -0.2) is 0 Å². The largest absolute Gasteiger partial charge is 0.497 e. The molecular weight excluding hydrogens is 430 g/mol. The molecule has 1 amide bonds. The Morgan fingerprint density at radius 1 is 1.03 bits per heavy atom. The first kappa shape index (κ1) is 20.4. The fourth-order valence-corrected chi connectivity index (χ4v) is 4.66. The lowest BCUT2D eigenvalue weighted by Crippen LogP contribution is -2.29. The van der Waals surface area contributed by atoms with Gasteiger partial charge in [0, 0.05) is 17.7 Å². The van der Waals surface area contributed by atoms with Crippen LogP contribution >= 0.6 is 0 Å². The fourth-order valence-electron chi connectivity index (χ4n) is 4.66. The van der Waals surface area contributed by atoms with Crippen molar-refractivity contribution in [2.24, 2.45) is 0 Å². The third-order valence-electron chi connectivity index (χ3n) is 6.41. The van der Waals surface area contributed by atoms with E-state index in [1.807, 2.05) is 47.4 Å². The summed E-state index contributed by atoms with van der Waals surface area (Å²) in [4.78, 5) is 15.5. The van der Waals surface area contributed by atoms with Crippen molar-refractivity contribution in [2.45, 2.75) is 19.5 Å². The number of aromatic nitrogens is 2. The highest BCUT2D eigenvalue weighted by Crippen LogP contribution is 2.44. The summed E-state index contributed by atoms with van der Waals surface area (Å²) in [6.45, 7) is 2.70. The molecule has 7 nitrogen and oxygen atoms in total. The van der Waals surface area contributed by atoms with Crippen molar-refractivity contribution in [1.82, 2.24) is 15.1 Å². The maximum Gasteiger partial charge on any atom is 0.273 e. The molecule has 4 aromatic rings. The van der Waals surface area contributed by atoms with Crippen molar-refractivity contribution in [3.8, 4) is 28.5 Å². The maximum absolute atomic E-state index is 13.6. The first-order valence-electron chi connectivity index (χ1n) is 11.1. The highest BCUT2D eigenvalue weighted by molar-refractivity contribution is 6.00. The molecule has 0 fully saturated rings. The molecule has 1 unspecified atom stereocenters. The quantitative estimate of drug-likeness (QED) is 0.467. The maximum atomic E-state index is 13.6. The van der Waals surface area contributed by atoms with Crippen molar-refractivity contribution in [2.75, 3.05) is 13.9 Å². The van der Waals surface area contributed by atoms with Crippen LogP contribution in [0, 0.1) is 6.92 Å². The molecule has 1 N–H and O–H groups in total. The number of fused-ring (bicyclic) bond motifs is 2. The van der Waals surface area contributed by atoms with Gasteiger partial charge in [-0.15, -0.1) is 0 Å². The van der Waals surface area contributed by atoms with Gasteiger partial charge in [0.05, 0.1) is 18.8 Å². The third-order valence-corrected chi connectivity index (χ3v) is 6.41. The molecule has 2 aliphatic rings. The van der Waals surface area contributed by atoms with Gasteiger partial charge < -0.3 is 19.1 Å². The number of methoxy groups -OCH3 is 1. The highest BCUT2D eigenvalue weighted by Gasteiger charge is 2.42. The molecule has 0 saturated carbocycles. The minimum Gasteiger partial charge on any atom is -0.497 e. The van der Waals surface area contributed by atoms with E-state index in [-0.39, 0.29) is 18.7 Å². The van der Waals surface area contributed by atoms with E-state index in [1.165, 1.54) is 0 Å². The third kappa shape index (κ3) is 3.28. The summed E-state index contributed by atoms with van der Waals surface area (Å²) < 4.78 is 16.3. The molecule has 0 radical (unpaired) electrons. The van der Waals surface area contributed by atoms with Crippen molar-refractivity contribution < 1.29 is 19.0 Å². The summed E-state index contributed by atoms with van der Waals surface area (Å²) in [6.07, 6.45) is 0. The zero-order valence-electron chi connectivity index (χ0n) is 18.9. The number of rotatable bonds is 5. The first-order chi connectivity index (χ1) is 16.6. The molecule has 3 heterocycles. The number of benzene rings is 3.